The molecule has 0 saturated carbocycles. The predicted molar refractivity (Wildman–Crippen MR) is 14.9 cm³/mol. The van der Waals surface area contributed by atoms with Gasteiger partial charge >= 0.3 is 113 Å². The third-order valence-corrected chi connectivity index (χ3v) is 0. The molecule has 0 spiro atoms. The van der Waals surface area contributed by atoms with E-state index in [9.17, 15) is 0 Å². The molecule has 0 rings (SSSR count). The summed E-state index contributed by atoms with van der Waals surface area (Å²) in [4.78, 5) is 0. The monoisotopic (exact) mass is 192 g/mol. The van der Waals surface area contributed by atoms with Crippen molar-refractivity contribution in [2.75, 3.05) is 0 Å². The van der Waals surface area contributed by atoms with Crippen LogP contribution in [0.25, 0.3) is 0 Å². The Morgan fingerprint density at radius 2 is 1.00 bits per heavy atom. The molecule has 0 aromatic heterocycles. The van der Waals surface area contributed by atoms with E-state index in [1.807, 2.05) is 0 Å². The second-order valence-electron chi connectivity index (χ2n) is 0.448. The van der Waals surface area contributed by atoms with Crippen LogP contribution in [0.3, 0.4) is 0 Å². The van der Waals surface area contributed by atoms with Gasteiger partial charge in [0.15, 0.2) is 0 Å². The van der Waals surface area contributed by atoms with Crippen LogP contribution in [0, 0.1) is 0 Å². The summed E-state index contributed by atoms with van der Waals surface area (Å²) in [7, 11) is -4.67. The summed E-state index contributed by atoms with van der Waals surface area (Å²) in [6, 6.07) is 0. The van der Waals surface area contributed by atoms with E-state index in [-0.39, 0.29) is 108 Å². The molecule has 8 heavy (non-hydrogen) atoms. The van der Waals surface area contributed by atoms with Gasteiger partial charge in [-0.1, -0.05) is 0 Å². The van der Waals surface area contributed by atoms with Gasteiger partial charge in [-0.05, 0) is 0 Å². The minimum atomic E-state index is -4.67. The zero-order valence-corrected chi connectivity index (χ0v) is 11.6. The minimum Gasteiger partial charge on any atom is -2.00 e. The van der Waals surface area contributed by atoms with Crippen LogP contribution in [0.1, 0.15) is 0 Å². The summed E-state index contributed by atoms with van der Waals surface area (Å²) < 4.78 is 31.6. The molecular formula is H2K2O5S. The molecule has 0 aromatic rings. The van der Waals surface area contributed by atoms with Crippen molar-refractivity contribution in [1.82, 2.24) is 0 Å². The standard InChI is InChI=1S/2K.H2O4S.O/c;;1-5(2,3)4;/h;;(H2,1,2,3,4);/q2*+1;;-2. The maximum Gasteiger partial charge on any atom is 1.00 e. The Hall–Kier alpha value is 3.10. The van der Waals surface area contributed by atoms with Crippen LogP contribution in [0.15, 0.2) is 0 Å². The molecule has 0 aliphatic carbocycles. The van der Waals surface area contributed by atoms with Crippen molar-refractivity contribution in [3.8, 4) is 0 Å². The van der Waals surface area contributed by atoms with Crippen molar-refractivity contribution in [2.24, 2.45) is 0 Å². The van der Waals surface area contributed by atoms with E-state index >= 15 is 0 Å². The molecule has 0 unspecified atom stereocenters. The number of rotatable bonds is 0. The fraction of sp³-hybridized carbons (Fsp3) is 0. The van der Waals surface area contributed by atoms with Crippen molar-refractivity contribution in [2.45, 2.75) is 0 Å². The second-order valence-corrected chi connectivity index (χ2v) is 1.34. The van der Waals surface area contributed by atoms with Gasteiger partial charge in [0.2, 0.25) is 0 Å². The van der Waals surface area contributed by atoms with E-state index in [2.05, 4.69) is 0 Å². The van der Waals surface area contributed by atoms with Crippen LogP contribution >= 0.6 is 0 Å². The number of hydrogen-bond acceptors (Lipinski definition) is 2. The fourth-order valence-electron chi connectivity index (χ4n) is 0. The van der Waals surface area contributed by atoms with Gasteiger partial charge in [-0.3, -0.25) is 9.11 Å². The van der Waals surface area contributed by atoms with Crippen molar-refractivity contribution in [3.05, 3.63) is 0 Å². The molecule has 0 saturated heterocycles. The molecule has 0 aliphatic rings. The minimum absolute atomic E-state index is 0. The quantitative estimate of drug-likeness (QED) is 0.294. The summed E-state index contributed by atoms with van der Waals surface area (Å²) in [5, 5.41) is 0. The third-order valence-electron chi connectivity index (χ3n) is 0. The summed E-state index contributed by atoms with van der Waals surface area (Å²) in [5.74, 6) is 0. The van der Waals surface area contributed by atoms with Crippen LogP contribution in [0.2, 0.25) is 0 Å². The zero-order chi connectivity index (χ0) is 4.50. The summed E-state index contributed by atoms with van der Waals surface area (Å²) in [6.07, 6.45) is 0. The van der Waals surface area contributed by atoms with E-state index in [1.54, 1.807) is 0 Å². The molecule has 0 atom stereocenters. The molecule has 40 valence electrons. The van der Waals surface area contributed by atoms with E-state index < -0.39 is 10.4 Å². The first-order chi connectivity index (χ1) is 2.00. The van der Waals surface area contributed by atoms with Crippen LogP contribution < -0.4 is 103 Å². The first kappa shape index (κ1) is 22.5. The molecule has 0 fully saturated rings. The SMILES string of the molecule is O=S(=O)(O)O.[K+].[K+].[O-2]. The molecule has 5 nitrogen and oxygen atoms in total. The van der Waals surface area contributed by atoms with Crippen LogP contribution in [0.5, 0.6) is 0 Å². The molecule has 2 N–H and O–H groups in total. The third kappa shape index (κ3) is 62.1. The Balaban J connectivity index is -0.0000000267. The average Bonchev–Trinajstić information content (AvgIpc) is 0.722. The van der Waals surface area contributed by atoms with Crippen molar-refractivity contribution in [1.29, 1.82) is 0 Å². The van der Waals surface area contributed by atoms with Gasteiger partial charge < -0.3 is 5.48 Å². The molecule has 0 heterocycles. The molecule has 0 aromatic carbocycles. The molecule has 0 bridgehead atoms. The van der Waals surface area contributed by atoms with Crippen LogP contribution in [0.4, 0.5) is 0 Å². The molecule has 8 heteroatoms. The van der Waals surface area contributed by atoms with Gasteiger partial charge in [-0.15, -0.1) is 0 Å². The Bertz CT molecular complexity index is 93.6. The normalized spacial score (nSPS) is 7.25. The topological polar surface area (TPSA) is 103 Å². The van der Waals surface area contributed by atoms with E-state index in [0.29, 0.717) is 0 Å². The average molecular weight is 192 g/mol. The van der Waals surface area contributed by atoms with E-state index in [1.165, 1.54) is 0 Å². The fourth-order valence-corrected chi connectivity index (χ4v) is 0. The van der Waals surface area contributed by atoms with Gasteiger partial charge in [0, 0.05) is 0 Å². The Kier molecular flexibility index (Phi) is 28.4. The van der Waals surface area contributed by atoms with Crippen molar-refractivity contribution in [3.63, 3.8) is 0 Å². The Labute approximate surface area is 132 Å². The van der Waals surface area contributed by atoms with Gasteiger partial charge in [-0.25, -0.2) is 0 Å². The molecule has 0 amide bonds. The van der Waals surface area contributed by atoms with Gasteiger partial charge in [0.1, 0.15) is 0 Å². The van der Waals surface area contributed by atoms with Crippen LogP contribution in [-0.2, 0) is 15.9 Å². The summed E-state index contributed by atoms with van der Waals surface area (Å²) in [5.41, 5.74) is 0. The van der Waals surface area contributed by atoms with E-state index in [0.717, 1.165) is 0 Å². The molecular weight excluding hydrogens is 190 g/mol. The van der Waals surface area contributed by atoms with Gasteiger partial charge in [0.25, 0.3) is 0 Å². The Morgan fingerprint density at radius 3 is 1.00 bits per heavy atom. The smallest absolute Gasteiger partial charge is 1.00 e. The van der Waals surface area contributed by atoms with Gasteiger partial charge in [-0.2, -0.15) is 8.42 Å². The molecule has 0 aliphatic heterocycles. The first-order valence-electron chi connectivity index (χ1n) is 0.698. The second kappa shape index (κ2) is 10.1. The first-order valence-corrected chi connectivity index (χ1v) is 2.10. The summed E-state index contributed by atoms with van der Waals surface area (Å²) >= 11 is 0. The van der Waals surface area contributed by atoms with Crippen molar-refractivity contribution >= 4 is 10.4 Å². The van der Waals surface area contributed by atoms with Crippen LogP contribution in [-0.4, -0.2) is 17.5 Å². The largest absolute Gasteiger partial charge is 2.00 e. The molecule has 0 radical (unpaired) electrons. The van der Waals surface area contributed by atoms with Crippen molar-refractivity contribution < 1.29 is 126 Å². The maximum absolute atomic E-state index is 8.74. The maximum atomic E-state index is 8.74. The van der Waals surface area contributed by atoms with Gasteiger partial charge in [0.05, 0.1) is 0 Å². The zero-order valence-electron chi connectivity index (χ0n) is 4.53. The Morgan fingerprint density at radius 1 is 1.00 bits per heavy atom. The predicted octanol–water partition coefficient (Wildman–Crippen LogP) is -6.76. The number of hydrogen-bond donors (Lipinski definition) is 2. The van der Waals surface area contributed by atoms with E-state index in [4.69, 9.17) is 17.5 Å². The summed E-state index contributed by atoms with van der Waals surface area (Å²) in [6.45, 7) is 0.